The van der Waals surface area contributed by atoms with Crippen molar-refractivity contribution in [1.29, 1.82) is 0 Å². The minimum atomic E-state index is -0.622. The molecule has 6 heteroatoms. The van der Waals surface area contributed by atoms with Crippen molar-refractivity contribution in [3.05, 3.63) is 35.4 Å². The van der Waals surface area contributed by atoms with Crippen molar-refractivity contribution in [2.24, 2.45) is 0 Å². The van der Waals surface area contributed by atoms with E-state index < -0.39 is 21.6 Å². The van der Waals surface area contributed by atoms with E-state index in [9.17, 15) is 9.59 Å². The summed E-state index contributed by atoms with van der Waals surface area (Å²) < 4.78 is 9.34. The van der Waals surface area contributed by atoms with Crippen molar-refractivity contribution in [2.45, 2.75) is 9.65 Å². The van der Waals surface area contributed by atoms with Gasteiger partial charge in [-0.3, -0.25) is 9.59 Å². The standard InChI is InChI=1S/C12H12Br2O4/c1-17-11(15)9(13)7-5-3-4-6-8(7)10(14)12(16)18-2/h3-6,9-10H,1-2H3/t9-,10+. The molecule has 18 heavy (non-hydrogen) atoms. The van der Waals surface area contributed by atoms with Crippen molar-refractivity contribution in [2.75, 3.05) is 14.2 Å². The van der Waals surface area contributed by atoms with Crippen molar-refractivity contribution >= 4 is 43.8 Å². The van der Waals surface area contributed by atoms with E-state index >= 15 is 0 Å². The fraction of sp³-hybridized carbons (Fsp3) is 0.333. The van der Waals surface area contributed by atoms with Gasteiger partial charge in [-0.15, -0.1) is 0 Å². The molecule has 1 aromatic rings. The van der Waals surface area contributed by atoms with Crippen LogP contribution in [0.25, 0.3) is 0 Å². The largest absolute Gasteiger partial charge is 0.468 e. The number of carbonyl (C=O) groups is 2. The predicted molar refractivity (Wildman–Crippen MR) is 73.8 cm³/mol. The Hall–Kier alpha value is -0.880. The van der Waals surface area contributed by atoms with Gasteiger partial charge in [0.25, 0.3) is 0 Å². The number of hydrogen-bond donors (Lipinski definition) is 0. The number of methoxy groups -OCH3 is 2. The summed E-state index contributed by atoms with van der Waals surface area (Å²) in [7, 11) is 2.62. The first kappa shape index (κ1) is 15.2. The molecule has 0 saturated carbocycles. The van der Waals surface area contributed by atoms with Crippen LogP contribution in [0.15, 0.2) is 24.3 Å². The van der Waals surface area contributed by atoms with Crippen molar-refractivity contribution in [3.8, 4) is 0 Å². The molecular formula is C12H12Br2O4. The Bertz CT molecular complexity index is 406. The van der Waals surface area contributed by atoms with E-state index in [0.29, 0.717) is 11.1 Å². The highest BCUT2D eigenvalue weighted by Gasteiger charge is 2.26. The van der Waals surface area contributed by atoms with Crippen LogP contribution in [0.4, 0.5) is 0 Å². The van der Waals surface area contributed by atoms with Crippen molar-refractivity contribution < 1.29 is 19.1 Å². The van der Waals surface area contributed by atoms with E-state index in [-0.39, 0.29) is 0 Å². The zero-order valence-corrected chi connectivity index (χ0v) is 13.0. The zero-order valence-electron chi connectivity index (χ0n) is 9.85. The number of alkyl halides is 2. The minimum absolute atomic E-state index is 0.424. The first-order valence-corrected chi connectivity index (χ1v) is 6.88. The van der Waals surface area contributed by atoms with Crippen LogP contribution in [0.5, 0.6) is 0 Å². The van der Waals surface area contributed by atoms with Gasteiger partial charge in [0.05, 0.1) is 14.2 Å². The van der Waals surface area contributed by atoms with Crippen molar-refractivity contribution in [3.63, 3.8) is 0 Å². The highest BCUT2D eigenvalue weighted by atomic mass is 79.9. The summed E-state index contributed by atoms with van der Waals surface area (Å²) in [6.07, 6.45) is 0. The van der Waals surface area contributed by atoms with Gasteiger partial charge in [0.1, 0.15) is 9.65 Å². The van der Waals surface area contributed by atoms with Crippen LogP contribution in [0.1, 0.15) is 20.8 Å². The molecule has 0 aliphatic carbocycles. The zero-order chi connectivity index (χ0) is 13.7. The summed E-state index contributed by atoms with van der Waals surface area (Å²) in [6, 6.07) is 7.08. The minimum Gasteiger partial charge on any atom is -0.468 e. The van der Waals surface area contributed by atoms with Gasteiger partial charge in [0, 0.05) is 0 Å². The fourth-order valence-electron chi connectivity index (χ4n) is 1.43. The van der Waals surface area contributed by atoms with E-state index in [1.807, 2.05) is 0 Å². The van der Waals surface area contributed by atoms with Gasteiger partial charge >= 0.3 is 11.9 Å². The molecule has 0 saturated heterocycles. The highest BCUT2D eigenvalue weighted by molar-refractivity contribution is 9.09. The second-order valence-corrected chi connectivity index (χ2v) is 5.23. The van der Waals surface area contributed by atoms with E-state index in [0.717, 1.165) is 0 Å². The second kappa shape index (κ2) is 6.89. The summed E-state index contributed by atoms with van der Waals surface area (Å²) in [4.78, 5) is 21.8. The Morgan fingerprint density at radius 2 is 1.28 bits per heavy atom. The van der Waals surface area contributed by atoms with Crippen LogP contribution in [0.2, 0.25) is 0 Å². The van der Waals surface area contributed by atoms with E-state index in [4.69, 9.17) is 0 Å². The number of carbonyl (C=O) groups excluding carboxylic acids is 2. The molecule has 0 radical (unpaired) electrons. The van der Waals surface area contributed by atoms with Crippen LogP contribution in [0, 0.1) is 0 Å². The third-order valence-electron chi connectivity index (χ3n) is 2.36. The molecule has 0 N–H and O–H groups in total. The SMILES string of the molecule is COC(=O)[C@@H](Br)c1ccccc1[C@@H](Br)C(=O)OC. The molecular weight excluding hydrogens is 368 g/mol. The molecule has 0 heterocycles. The molecule has 98 valence electrons. The fourth-order valence-corrected chi connectivity index (χ4v) is 2.64. The van der Waals surface area contributed by atoms with Gasteiger partial charge in [-0.1, -0.05) is 56.1 Å². The lowest BCUT2D eigenvalue weighted by atomic mass is 10.0. The van der Waals surface area contributed by atoms with Gasteiger partial charge in [0.2, 0.25) is 0 Å². The van der Waals surface area contributed by atoms with Crippen LogP contribution in [-0.4, -0.2) is 26.2 Å². The molecule has 0 unspecified atom stereocenters. The van der Waals surface area contributed by atoms with E-state index in [1.165, 1.54) is 14.2 Å². The first-order chi connectivity index (χ1) is 8.52. The monoisotopic (exact) mass is 378 g/mol. The maximum Gasteiger partial charge on any atom is 0.324 e. The number of esters is 2. The Kier molecular flexibility index (Phi) is 5.81. The Balaban J connectivity index is 3.14. The van der Waals surface area contributed by atoms with Crippen molar-refractivity contribution in [1.82, 2.24) is 0 Å². The summed E-state index contributed by atoms with van der Waals surface area (Å²) in [5.41, 5.74) is 1.33. The van der Waals surface area contributed by atoms with Crippen LogP contribution in [-0.2, 0) is 19.1 Å². The average Bonchev–Trinajstić information content (AvgIpc) is 2.43. The van der Waals surface area contributed by atoms with E-state index in [1.54, 1.807) is 24.3 Å². The normalized spacial score (nSPS) is 13.6. The molecule has 1 rings (SSSR count). The average molecular weight is 380 g/mol. The Morgan fingerprint density at radius 3 is 1.56 bits per heavy atom. The Morgan fingerprint density at radius 1 is 0.944 bits per heavy atom. The third kappa shape index (κ3) is 3.32. The second-order valence-electron chi connectivity index (χ2n) is 3.40. The molecule has 0 aliphatic heterocycles. The maximum absolute atomic E-state index is 11.5. The van der Waals surface area contributed by atoms with Crippen LogP contribution < -0.4 is 0 Å². The van der Waals surface area contributed by atoms with Gasteiger partial charge in [-0.2, -0.15) is 0 Å². The summed E-state index contributed by atoms with van der Waals surface area (Å²) >= 11 is 6.51. The lowest BCUT2D eigenvalue weighted by molar-refractivity contribution is -0.141. The number of hydrogen-bond acceptors (Lipinski definition) is 4. The molecule has 4 nitrogen and oxygen atoms in total. The molecule has 0 bridgehead atoms. The summed E-state index contributed by atoms with van der Waals surface area (Å²) in [5, 5.41) is 0. The van der Waals surface area contributed by atoms with Gasteiger partial charge in [0.15, 0.2) is 0 Å². The molecule has 0 spiro atoms. The topological polar surface area (TPSA) is 52.6 Å². The number of benzene rings is 1. The van der Waals surface area contributed by atoms with Gasteiger partial charge < -0.3 is 9.47 Å². The summed E-state index contributed by atoms with van der Waals surface area (Å²) in [5.74, 6) is -0.848. The molecule has 1 aromatic carbocycles. The first-order valence-electron chi connectivity index (χ1n) is 5.05. The predicted octanol–water partition coefficient (Wildman–Crippen LogP) is 2.90. The third-order valence-corrected chi connectivity index (χ3v) is 4.09. The lowest BCUT2D eigenvalue weighted by Crippen LogP contribution is -2.14. The smallest absolute Gasteiger partial charge is 0.324 e. The Labute approximate surface area is 122 Å². The molecule has 0 aliphatic rings. The number of halogens is 2. The summed E-state index contributed by atoms with van der Waals surface area (Å²) in [6.45, 7) is 0. The number of rotatable bonds is 4. The van der Waals surface area contributed by atoms with Crippen LogP contribution in [0.3, 0.4) is 0 Å². The lowest BCUT2D eigenvalue weighted by Gasteiger charge is -2.16. The van der Waals surface area contributed by atoms with Crippen LogP contribution >= 0.6 is 31.9 Å². The molecule has 0 amide bonds. The molecule has 0 fully saturated rings. The number of ether oxygens (including phenoxy) is 2. The highest BCUT2D eigenvalue weighted by Crippen LogP contribution is 2.34. The maximum atomic E-state index is 11.5. The van der Waals surface area contributed by atoms with Gasteiger partial charge in [-0.05, 0) is 11.1 Å². The van der Waals surface area contributed by atoms with E-state index in [2.05, 4.69) is 41.3 Å². The quantitative estimate of drug-likeness (QED) is 0.596. The van der Waals surface area contributed by atoms with Gasteiger partial charge in [-0.25, -0.2) is 0 Å². The molecule has 0 aromatic heterocycles. The molecule has 2 atom stereocenters.